The zero-order valence-corrected chi connectivity index (χ0v) is 24.4. The predicted octanol–water partition coefficient (Wildman–Crippen LogP) is 7.63. The monoisotopic (exact) mass is 763 g/mol. The van der Waals surface area contributed by atoms with Gasteiger partial charge in [0.15, 0.2) is 17.2 Å². The molecule has 3 aromatic rings. The van der Waals surface area contributed by atoms with E-state index >= 15 is 0 Å². The van der Waals surface area contributed by atoms with E-state index in [1.54, 1.807) is 18.2 Å². The number of halogens is 4. The number of carbonyl (C=O) groups excluding carboxylic acids is 1. The van der Waals surface area contributed by atoms with Crippen molar-refractivity contribution in [2.75, 3.05) is 6.61 Å². The van der Waals surface area contributed by atoms with Gasteiger partial charge in [-0.25, -0.2) is 9.79 Å². The van der Waals surface area contributed by atoms with Gasteiger partial charge in [-0.1, -0.05) is 23.7 Å². The Morgan fingerprint density at radius 1 is 1.09 bits per heavy atom. The van der Waals surface area contributed by atoms with Crippen molar-refractivity contribution in [3.05, 3.63) is 93.6 Å². The van der Waals surface area contributed by atoms with E-state index in [1.165, 1.54) is 0 Å². The lowest BCUT2D eigenvalue weighted by Crippen LogP contribution is -2.05. The number of aliphatic imine (C=N–C) groups is 1. The minimum Gasteiger partial charge on any atom is -0.490 e. The topological polar surface area (TPSA) is 57.1 Å². The van der Waals surface area contributed by atoms with Gasteiger partial charge in [-0.3, -0.25) is 0 Å². The molecule has 0 fully saturated rings. The molecule has 0 N–H and O–H groups in total. The molecule has 0 saturated carbocycles. The van der Waals surface area contributed by atoms with Gasteiger partial charge >= 0.3 is 5.97 Å². The molecule has 0 radical (unpaired) electrons. The first-order chi connectivity index (χ1) is 16.3. The number of benzene rings is 3. The molecular formula is C25H17BrClI2NO4. The Morgan fingerprint density at radius 3 is 2.56 bits per heavy atom. The molecular weight excluding hydrogens is 747 g/mol. The summed E-state index contributed by atoms with van der Waals surface area (Å²) in [5.74, 6) is 0.662. The van der Waals surface area contributed by atoms with Gasteiger partial charge in [-0.05, 0) is 128 Å². The molecule has 0 bridgehead atoms. The fourth-order valence-corrected chi connectivity index (χ4v) is 4.48. The molecule has 9 heteroatoms. The van der Waals surface area contributed by atoms with Crippen LogP contribution in [0.15, 0.2) is 69.8 Å². The number of rotatable bonds is 7. The SMILES string of the molecule is CCOc1cc(/C=C2\N=C(c3ccc(I)c(Br)c3)OC2=O)cc(Cl)c1OCc1ccc(I)cc1. The highest BCUT2D eigenvalue weighted by molar-refractivity contribution is 14.1. The molecule has 0 aromatic heterocycles. The second-order valence-electron chi connectivity index (χ2n) is 7.14. The van der Waals surface area contributed by atoms with E-state index in [2.05, 4.69) is 66.1 Å². The summed E-state index contributed by atoms with van der Waals surface area (Å²) in [6.07, 6.45) is 1.62. The lowest BCUT2D eigenvalue weighted by molar-refractivity contribution is -0.129. The fraction of sp³-hybridized carbons (Fsp3) is 0.120. The lowest BCUT2D eigenvalue weighted by Gasteiger charge is -2.14. The summed E-state index contributed by atoms with van der Waals surface area (Å²) in [7, 11) is 0. The third kappa shape index (κ3) is 6.13. The summed E-state index contributed by atoms with van der Waals surface area (Å²) >= 11 is 14.5. The minimum absolute atomic E-state index is 0.177. The van der Waals surface area contributed by atoms with Crippen molar-refractivity contribution in [3.63, 3.8) is 0 Å². The Kier molecular flexibility index (Phi) is 8.54. The number of esters is 1. The van der Waals surface area contributed by atoms with Crippen LogP contribution in [0.25, 0.3) is 6.08 Å². The Morgan fingerprint density at radius 2 is 1.85 bits per heavy atom. The zero-order valence-electron chi connectivity index (χ0n) is 17.8. The normalized spacial score (nSPS) is 14.2. The molecule has 34 heavy (non-hydrogen) atoms. The Hall–Kier alpha value is -1.63. The molecule has 0 atom stereocenters. The second kappa shape index (κ2) is 11.4. The van der Waals surface area contributed by atoms with E-state index < -0.39 is 5.97 Å². The first kappa shape index (κ1) is 25.5. The van der Waals surface area contributed by atoms with Crippen LogP contribution in [0.2, 0.25) is 5.02 Å². The third-order valence-electron chi connectivity index (χ3n) is 4.72. The maximum Gasteiger partial charge on any atom is 0.363 e. The van der Waals surface area contributed by atoms with Crippen molar-refractivity contribution in [2.45, 2.75) is 13.5 Å². The molecule has 174 valence electrons. The van der Waals surface area contributed by atoms with Crippen LogP contribution in [-0.2, 0) is 16.1 Å². The first-order valence-electron chi connectivity index (χ1n) is 10.2. The van der Waals surface area contributed by atoms with Crippen molar-refractivity contribution in [1.29, 1.82) is 0 Å². The van der Waals surface area contributed by atoms with Crippen LogP contribution in [0.1, 0.15) is 23.6 Å². The zero-order chi connectivity index (χ0) is 24.2. The van der Waals surface area contributed by atoms with E-state index in [-0.39, 0.29) is 11.6 Å². The van der Waals surface area contributed by atoms with Gasteiger partial charge < -0.3 is 14.2 Å². The van der Waals surface area contributed by atoms with Crippen LogP contribution in [-0.4, -0.2) is 18.5 Å². The maximum atomic E-state index is 12.5. The highest BCUT2D eigenvalue weighted by Gasteiger charge is 2.25. The van der Waals surface area contributed by atoms with Gasteiger partial charge in [-0.2, -0.15) is 0 Å². The van der Waals surface area contributed by atoms with Crippen LogP contribution in [0.4, 0.5) is 0 Å². The highest BCUT2D eigenvalue weighted by Crippen LogP contribution is 2.38. The van der Waals surface area contributed by atoms with Crippen molar-refractivity contribution in [1.82, 2.24) is 0 Å². The predicted molar refractivity (Wildman–Crippen MR) is 154 cm³/mol. The average molecular weight is 765 g/mol. The molecule has 1 heterocycles. The molecule has 0 saturated heterocycles. The summed E-state index contributed by atoms with van der Waals surface area (Å²) in [5.41, 5.74) is 2.55. The number of ether oxygens (including phenoxy) is 3. The molecule has 0 unspecified atom stereocenters. The quantitative estimate of drug-likeness (QED) is 0.141. The third-order valence-corrected chi connectivity index (χ3v) is 8.06. The molecule has 3 aromatic carbocycles. The number of cyclic esters (lactones) is 1. The second-order valence-corrected chi connectivity index (χ2v) is 10.8. The number of hydrogen-bond acceptors (Lipinski definition) is 5. The molecule has 1 aliphatic rings. The van der Waals surface area contributed by atoms with Crippen LogP contribution < -0.4 is 9.47 Å². The lowest BCUT2D eigenvalue weighted by atomic mass is 10.1. The molecule has 0 aliphatic carbocycles. The van der Waals surface area contributed by atoms with Crippen molar-refractivity contribution >= 4 is 90.7 Å². The van der Waals surface area contributed by atoms with Crippen LogP contribution in [0.3, 0.4) is 0 Å². The van der Waals surface area contributed by atoms with Gasteiger partial charge in [0.25, 0.3) is 0 Å². The van der Waals surface area contributed by atoms with Gasteiger partial charge in [-0.15, -0.1) is 0 Å². The summed E-state index contributed by atoms with van der Waals surface area (Å²) < 4.78 is 20.2. The van der Waals surface area contributed by atoms with Crippen molar-refractivity contribution < 1.29 is 19.0 Å². The largest absolute Gasteiger partial charge is 0.490 e. The van der Waals surface area contributed by atoms with Gasteiger partial charge in [0.2, 0.25) is 5.90 Å². The van der Waals surface area contributed by atoms with Crippen LogP contribution in [0, 0.1) is 7.14 Å². The maximum absolute atomic E-state index is 12.5. The molecule has 0 spiro atoms. The van der Waals surface area contributed by atoms with E-state index in [1.807, 2.05) is 49.4 Å². The van der Waals surface area contributed by atoms with Crippen molar-refractivity contribution in [2.24, 2.45) is 4.99 Å². The number of carbonyl (C=O) groups is 1. The van der Waals surface area contributed by atoms with E-state index in [0.29, 0.717) is 40.9 Å². The van der Waals surface area contributed by atoms with E-state index in [4.69, 9.17) is 25.8 Å². The van der Waals surface area contributed by atoms with Crippen LogP contribution in [0.5, 0.6) is 11.5 Å². The molecule has 5 nitrogen and oxygen atoms in total. The van der Waals surface area contributed by atoms with Gasteiger partial charge in [0.05, 0.1) is 11.6 Å². The Balaban J connectivity index is 1.61. The summed E-state index contributed by atoms with van der Waals surface area (Å²) in [4.78, 5) is 16.8. The average Bonchev–Trinajstić information content (AvgIpc) is 3.16. The number of nitrogens with zero attached hydrogens (tertiary/aromatic N) is 1. The van der Waals surface area contributed by atoms with Gasteiger partial charge in [0.1, 0.15) is 6.61 Å². The highest BCUT2D eigenvalue weighted by atomic mass is 127. The Bertz CT molecular complexity index is 1310. The van der Waals surface area contributed by atoms with Crippen molar-refractivity contribution in [3.8, 4) is 11.5 Å². The van der Waals surface area contributed by atoms with Crippen LogP contribution >= 0.6 is 72.7 Å². The molecule has 1 aliphatic heterocycles. The van der Waals surface area contributed by atoms with Gasteiger partial charge in [0, 0.05) is 17.2 Å². The molecule has 4 rings (SSSR count). The summed E-state index contributed by atoms with van der Waals surface area (Å²) in [5, 5.41) is 0.375. The summed E-state index contributed by atoms with van der Waals surface area (Å²) in [6, 6.07) is 17.2. The smallest absolute Gasteiger partial charge is 0.363 e. The van der Waals surface area contributed by atoms with E-state index in [0.717, 1.165) is 17.2 Å². The van der Waals surface area contributed by atoms with E-state index in [9.17, 15) is 4.79 Å². The first-order valence-corrected chi connectivity index (χ1v) is 13.5. The fourth-order valence-electron chi connectivity index (χ4n) is 3.13. The Labute approximate surface area is 237 Å². The minimum atomic E-state index is -0.530. The summed E-state index contributed by atoms with van der Waals surface area (Å²) in [6.45, 7) is 2.66. The standard InChI is InChI=1S/C25H17BrClI2NO4/c1-2-32-22-11-15(9-19(27)23(22)33-13-14-3-6-17(28)7-4-14)10-21-25(31)34-24(30-21)16-5-8-20(29)18(26)12-16/h3-12H,2,13H2,1H3/b21-10-. The molecule has 0 amide bonds. The number of hydrogen-bond donors (Lipinski definition) is 0.